The van der Waals surface area contributed by atoms with Gasteiger partial charge in [0.1, 0.15) is 5.54 Å². The second kappa shape index (κ2) is 5.08. The molecule has 0 aliphatic carbocycles. The maximum Gasteiger partial charge on any atom is 0.329 e. The molecule has 5 nitrogen and oxygen atoms in total. The molecule has 1 rings (SSSR count). The molecule has 0 fully saturated rings. The summed E-state index contributed by atoms with van der Waals surface area (Å²) in [6.45, 7) is 5.09. The van der Waals surface area contributed by atoms with E-state index in [0.29, 0.717) is 17.8 Å². The van der Waals surface area contributed by atoms with Crippen LogP contribution >= 0.6 is 0 Å². The molecule has 0 saturated carbocycles. The van der Waals surface area contributed by atoms with Crippen molar-refractivity contribution in [2.75, 3.05) is 12.3 Å². The van der Waals surface area contributed by atoms with E-state index in [1.807, 2.05) is 0 Å². The van der Waals surface area contributed by atoms with Crippen molar-refractivity contribution < 1.29 is 14.7 Å². The lowest BCUT2D eigenvalue weighted by molar-refractivity contribution is -0.147. The van der Waals surface area contributed by atoms with Gasteiger partial charge >= 0.3 is 5.97 Å². The van der Waals surface area contributed by atoms with Crippen molar-refractivity contribution in [2.24, 2.45) is 0 Å². The number of carboxylic acids is 1. The fraction of sp³-hybridized carbons (Fsp3) is 0.385. The van der Waals surface area contributed by atoms with Gasteiger partial charge in [-0.15, -0.1) is 0 Å². The highest BCUT2D eigenvalue weighted by atomic mass is 16.4. The molecule has 0 unspecified atom stereocenters. The molecule has 0 aromatic heterocycles. The van der Waals surface area contributed by atoms with Crippen molar-refractivity contribution in [1.82, 2.24) is 4.90 Å². The summed E-state index contributed by atoms with van der Waals surface area (Å²) in [6.07, 6.45) is 0. The molecule has 1 aromatic carbocycles. The van der Waals surface area contributed by atoms with Crippen LogP contribution in [0.1, 0.15) is 31.1 Å². The number of nitrogens with two attached hydrogens (primary N) is 1. The van der Waals surface area contributed by atoms with E-state index < -0.39 is 11.5 Å². The van der Waals surface area contributed by atoms with Gasteiger partial charge in [-0.25, -0.2) is 4.79 Å². The third kappa shape index (κ3) is 2.61. The number of carbonyl (C=O) groups excluding carboxylic acids is 1. The summed E-state index contributed by atoms with van der Waals surface area (Å²) < 4.78 is 0. The number of carbonyl (C=O) groups is 2. The van der Waals surface area contributed by atoms with Gasteiger partial charge in [-0.1, -0.05) is 0 Å². The third-order valence-electron chi connectivity index (χ3n) is 2.92. The van der Waals surface area contributed by atoms with E-state index in [4.69, 9.17) is 10.8 Å². The van der Waals surface area contributed by atoms with E-state index in [9.17, 15) is 9.59 Å². The molecule has 0 spiro atoms. The number of nitrogens with zero attached hydrogens (tertiary/aromatic N) is 1. The monoisotopic (exact) mass is 250 g/mol. The molecule has 0 aliphatic heterocycles. The minimum Gasteiger partial charge on any atom is -0.480 e. The van der Waals surface area contributed by atoms with Crippen molar-refractivity contribution in [3.05, 3.63) is 29.8 Å². The number of carboxylic acid groups (broad SMARTS) is 1. The summed E-state index contributed by atoms with van der Waals surface area (Å²) >= 11 is 0. The van der Waals surface area contributed by atoms with Gasteiger partial charge in [0.2, 0.25) is 0 Å². The number of likely N-dealkylation sites (N-methyl/N-ethyl adjacent to an activating group) is 1. The quantitative estimate of drug-likeness (QED) is 0.795. The first-order chi connectivity index (χ1) is 8.30. The van der Waals surface area contributed by atoms with Gasteiger partial charge in [0, 0.05) is 17.8 Å². The molecule has 0 radical (unpaired) electrons. The molecule has 0 bridgehead atoms. The van der Waals surface area contributed by atoms with Crippen LogP contribution in [0.2, 0.25) is 0 Å². The Morgan fingerprint density at radius 2 is 1.78 bits per heavy atom. The van der Waals surface area contributed by atoms with Gasteiger partial charge in [-0.2, -0.15) is 0 Å². The average molecular weight is 250 g/mol. The summed E-state index contributed by atoms with van der Waals surface area (Å²) in [5.74, 6) is -1.35. The predicted molar refractivity (Wildman–Crippen MR) is 69.3 cm³/mol. The fourth-order valence-corrected chi connectivity index (χ4v) is 1.69. The van der Waals surface area contributed by atoms with Crippen molar-refractivity contribution in [3.8, 4) is 0 Å². The Balaban J connectivity index is 3.07. The Labute approximate surface area is 106 Å². The van der Waals surface area contributed by atoms with E-state index in [1.54, 1.807) is 31.2 Å². The maximum atomic E-state index is 12.3. The second-order valence-corrected chi connectivity index (χ2v) is 4.54. The second-order valence-electron chi connectivity index (χ2n) is 4.54. The van der Waals surface area contributed by atoms with Gasteiger partial charge in [0.25, 0.3) is 5.91 Å². The fourth-order valence-electron chi connectivity index (χ4n) is 1.69. The van der Waals surface area contributed by atoms with Crippen LogP contribution in [0.25, 0.3) is 0 Å². The minimum atomic E-state index is -1.24. The van der Waals surface area contributed by atoms with E-state index in [-0.39, 0.29) is 5.91 Å². The SMILES string of the molecule is CCN(C(=O)c1ccc(N)cc1)C(C)(C)C(=O)O. The van der Waals surface area contributed by atoms with Crippen LogP contribution < -0.4 is 5.73 Å². The maximum absolute atomic E-state index is 12.3. The first kappa shape index (κ1) is 14.0. The highest BCUT2D eigenvalue weighted by Crippen LogP contribution is 2.18. The summed E-state index contributed by atoms with van der Waals surface area (Å²) in [5, 5.41) is 9.17. The molecule has 0 aliphatic rings. The lowest BCUT2D eigenvalue weighted by atomic mass is 10.0. The average Bonchev–Trinajstić information content (AvgIpc) is 2.30. The first-order valence-electron chi connectivity index (χ1n) is 5.71. The summed E-state index contributed by atoms with van der Waals surface area (Å²) in [6, 6.07) is 6.43. The van der Waals surface area contributed by atoms with Crippen LogP contribution in [-0.4, -0.2) is 34.0 Å². The van der Waals surface area contributed by atoms with E-state index in [2.05, 4.69) is 0 Å². The number of hydrogen-bond donors (Lipinski definition) is 2. The van der Waals surface area contributed by atoms with Crippen LogP contribution in [0.15, 0.2) is 24.3 Å². The lowest BCUT2D eigenvalue weighted by Gasteiger charge is -2.34. The molecule has 3 N–H and O–H groups in total. The van der Waals surface area contributed by atoms with Crippen molar-refractivity contribution in [1.29, 1.82) is 0 Å². The zero-order chi connectivity index (χ0) is 13.9. The minimum absolute atomic E-state index is 0.315. The zero-order valence-corrected chi connectivity index (χ0v) is 10.8. The summed E-state index contributed by atoms with van der Waals surface area (Å²) in [4.78, 5) is 24.8. The van der Waals surface area contributed by atoms with Crippen LogP contribution in [0.4, 0.5) is 5.69 Å². The molecule has 18 heavy (non-hydrogen) atoms. The molecule has 0 saturated heterocycles. The largest absolute Gasteiger partial charge is 0.480 e. The number of rotatable bonds is 4. The number of nitrogen functional groups attached to an aromatic ring is 1. The predicted octanol–water partition coefficient (Wildman–Crippen LogP) is 1.59. The van der Waals surface area contributed by atoms with Crippen molar-refractivity contribution in [2.45, 2.75) is 26.3 Å². The van der Waals surface area contributed by atoms with Gasteiger partial charge in [-0.3, -0.25) is 4.79 Å². The Morgan fingerprint density at radius 3 is 2.17 bits per heavy atom. The highest BCUT2D eigenvalue weighted by Gasteiger charge is 2.37. The number of benzene rings is 1. The van der Waals surface area contributed by atoms with Crippen LogP contribution in [-0.2, 0) is 4.79 Å². The van der Waals surface area contributed by atoms with Crippen molar-refractivity contribution >= 4 is 17.6 Å². The van der Waals surface area contributed by atoms with Gasteiger partial charge in [0.15, 0.2) is 0 Å². The molecule has 1 aromatic rings. The standard InChI is InChI=1S/C13H18N2O3/c1-4-15(13(2,3)12(17)18)11(16)9-5-7-10(14)8-6-9/h5-8H,4,14H2,1-3H3,(H,17,18). The molecule has 1 amide bonds. The summed E-state index contributed by atoms with van der Waals surface area (Å²) in [5.41, 5.74) is 5.30. The zero-order valence-electron chi connectivity index (χ0n) is 10.8. The summed E-state index contributed by atoms with van der Waals surface area (Å²) in [7, 11) is 0. The molecular formula is C13H18N2O3. The smallest absolute Gasteiger partial charge is 0.329 e. The highest BCUT2D eigenvalue weighted by molar-refractivity contribution is 5.97. The Kier molecular flexibility index (Phi) is 3.96. The van der Waals surface area contributed by atoms with Crippen LogP contribution in [0.5, 0.6) is 0 Å². The topological polar surface area (TPSA) is 83.6 Å². The molecular weight excluding hydrogens is 232 g/mol. The van der Waals surface area contributed by atoms with E-state index >= 15 is 0 Å². The Hall–Kier alpha value is -2.04. The van der Waals surface area contributed by atoms with Gasteiger partial charge < -0.3 is 15.7 Å². The first-order valence-corrected chi connectivity index (χ1v) is 5.71. The van der Waals surface area contributed by atoms with E-state index in [0.717, 1.165) is 0 Å². The Bertz CT molecular complexity index is 452. The molecule has 5 heteroatoms. The number of hydrogen-bond acceptors (Lipinski definition) is 3. The van der Waals surface area contributed by atoms with E-state index in [1.165, 1.54) is 18.7 Å². The normalized spacial score (nSPS) is 11.1. The lowest BCUT2D eigenvalue weighted by Crippen LogP contribution is -2.52. The third-order valence-corrected chi connectivity index (χ3v) is 2.92. The van der Waals surface area contributed by atoms with Gasteiger partial charge in [-0.05, 0) is 45.0 Å². The van der Waals surface area contributed by atoms with Crippen LogP contribution in [0.3, 0.4) is 0 Å². The molecule has 0 atom stereocenters. The van der Waals surface area contributed by atoms with Gasteiger partial charge in [0.05, 0.1) is 0 Å². The van der Waals surface area contributed by atoms with Crippen molar-refractivity contribution in [3.63, 3.8) is 0 Å². The Morgan fingerprint density at radius 1 is 1.28 bits per heavy atom. The molecule has 0 heterocycles. The number of amides is 1. The molecule has 98 valence electrons. The number of aliphatic carboxylic acids is 1. The number of anilines is 1. The van der Waals surface area contributed by atoms with Crippen LogP contribution in [0, 0.1) is 0 Å².